The topological polar surface area (TPSA) is 56.6 Å². The molecular formula is C18H21N3O3. The summed E-state index contributed by atoms with van der Waals surface area (Å²) in [4.78, 5) is 14.4. The normalized spacial score (nSPS) is 21.7. The van der Waals surface area contributed by atoms with Crippen molar-refractivity contribution in [2.75, 3.05) is 20.8 Å². The Morgan fingerprint density at radius 2 is 2.04 bits per heavy atom. The van der Waals surface area contributed by atoms with E-state index >= 15 is 0 Å². The van der Waals surface area contributed by atoms with E-state index in [1.165, 1.54) is 11.3 Å². The smallest absolute Gasteiger partial charge is 0.249 e. The standard InChI is InChI=1S/C18H21N3O3/c1-23-11-18(22)20-13-5-8-16(20)15-10-19-21(17(15)9-13)12-3-6-14(24-2)7-4-12/h3-4,6-7,10,13,16H,5,8-9,11H2,1-2H3. The van der Waals surface area contributed by atoms with Crippen molar-refractivity contribution in [2.45, 2.75) is 31.3 Å². The zero-order valence-electron chi connectivity index (χ0n) is 13.9. The number of rotatable bonds is 4. The van der Waals surface area contributed by atoms with Crippen LogP contribution in [0.5, 0.6) is 5.75 Å². The van der Waals surface area contributed by atoms with Crippen molar-refractivity contribution >= 4 is 5.91 Å². The molecule has 0 saturated carbocycles. The number of amides is 1. The van der Waals surface area contributed by atoms with Crippen LogP contribution < -0.4 is 4.74 Å². The number of aromatic nitrogens is 2. The molecule has 6 heteroatoms. The largest absolute Gasteiger partial charge is 0.497 e. The zero-order valence-corrected chi connectivity index (χ0v) is 13.9. The molecule has 126 valence electrons. The lowest BCUT2D eigenvalue weighted by molar-refractivity contribution is -0.138. The highest BCUT2D eigenvalue weighted by molar-refractivity contribution is 5.79. The third-order valence-corrected chi connectivity index (χ3v) is 5.06. The van der Waals surface area contributed by atoms with E-state index in [4.69, 9.17) is 9.47 Å². The molecule has 2 unspecified atom stereocenters. The second-order valence-electron chi connectivity index (χ2n) is 6.34. The number of carbonyl (C=O) groups is 1. The Balaban J connectivity index is 1.68. The molecule has 2 aromatic rings. The van der Waals surface area contributed by atoms with Crippen molar-refractivity contribution in [1.29, 1.82) is 0 Å². The summed E-state index contributed by atoms with van der Waals surface area (Å²) >= 11 is 0. The summed E-state index contributed by atoms with van der Waals surface area (Å²) in [5.41, 5.74) is 3.41. The van der Waals surface area contributed by atoms with E-state index in [-0.39, 0.29) is 24.6 Å². The summed E-state index contributed by atoms with van der Waals surface area (Å²) in [7, 11) is 3.23. The van der Waals surface area contributed by atoms with Crippen LogP contribution in [0.15, 0.2) is 30.5 Å². The first kappa shape index (κ1) is 15.2. The zero-order chi connectivity index (χ0) is 16.7. The van der Waals surface area contributed by atoms with Gasteiger partial charge in [0.05, 0.1) is 30.7 Å². The van der Waals surface area contributed by atoms with Crippen molar-refractivity contribution in [3.8, 4) is 11.4 Å². The van der Waals surface area contributed by atoms with Gasteiger partial charge in [-0.25, -0.2) is 4.68 Å². The predicted octanol–water partition coefficient (Wildman–Crippen LogP) is 2.12. The summed E-state index contributed by atoms with van der Waals surface area (Å²) in [5.74, 6) is 0.907. The van der Waals surface area contributed by atoms with Gasteiger partial charge >= 0.3 is 0 Å². The lowest BCUT2D eigenvalue weighted by atomic mass is 10.00. The molecule has 2 atom stereocenters. The summed E-state index contributed by atoms with van der Waals surface area (Å²) in [5, 5.41) is 4.59. The maximum Gasteiger partial charge on any atom is 0.249 e. The molecule has 1 saturated heterocycles. The molecule has 2 bridgehead atoms. The van der Waals surface area contributed by atoms with Gasteiger partial charge in [0, 0.05) is 25.1 Å². The van der Waals surface area contributed by atoms with Crippen molar-refractivity contribution in [3.05, 3.63) is 41.7 Å². The Morgan fingerprint density at radius 3 is 2.75 bits per heavy atom. The highest BCUT2D eigenvalue weighted by Gasteiger charge is 2.44. The van der Waals surface area contributed by atoms with Crippen LogP contribution in [0.25, 0.3) is 5.69 Å². The second kappa shape index (κ2) is 5.94. The number of methoxy groups -OCH3 is 2. The summed E-state index contributed by atoms with van der Waals surface area (Å²) in [6, 6.07) is 8.28. The summed E-state index contributed by atoms with van der Waals surface area (Å²) in [6.07, 6.45) is 4.80. The molecule has 3 heterocycles. The molecule has 1 fully saturated rings. The monoisotopic (exact) mass is 327 g/mol. The van der Waals surface area contributed by atoms with Gasteiger partial charge < -0.3 is 14.4 Å². The molecular weight excluding hydrogens is 306 g/mol. The van der Waals surface area contributed by atoms with E-state index < -0.39 is 0 Å². The van der Waals surface area contributed by atoms with Gasteiger partial charge in [-0.1, -0.05) is 0 Å². The van der Waals surface area contributed by atoms with Crippen LogP contribution in [0, 0.1) is 0 Å². The van der Waals surface area contributed by atoms with Gasteiger partial charge in [0.1, 0.15) is 12.4 Å². The maximum absolute atomic E-state index is 12.4. The minimum atomic E-state index is 0.0767. The van der Waals surface area contributed by atoms with Gasteiger partial charge in [-0.2, -0.15) is 5.10 Å². The fourth-order valence-corrected chi connectivity index (χ4v) is 4.00. The predicted molar refractivity (Wildman–Crippen MR) is 88.3 cm³/mol. The quantitative estimate of drug-likeness (QED) is 0.863. The molecule has 24 heavy (non-hydrogen) atoms. The van der Waals surface area contributed by atoms with Gasteiger partial charge in [-0.15, -0.1) is 0 Å². The molecule has 1 aromatic heterocycles. The molecule has 2 aliphatic heterocycles. The van der Waals surface area contributed by atoms with E-state index in [9.17, 15) is 4.79 Å². The van der Waals surface area contributed by atoms with E-state index in [1.807, 2.05) is 40.0 Å². The second-order valence-corrected chi connectivity index (χ2v) is 6.34. The van der Waals surface area contributed by atoms with Crippen LogP contribution in [0.3, 0.4) is 0 Å². The fraction of sp³-hybridized carbons (Fsp3) is 0.444. The number of hydrogen-bond donors (Lipinski definition) is 0. The number of hydrogen-bond acceptors (Lipinski definition) is 4. The molecule has 0 aliphatic carbocycles. The van der Waals surface area contributed by atoms with Gasteiger partial charge in [-0.3, -0.25) is 4.79 Å². The number of ether oxygens (including phenoxy) is 2. The van der Waals surface area contributed by atoms with E-state index in [0.29, 0.717) is 0 Å². The van der Waals surface area contributed by atoms with Crippen LogP contribution >= 0.6 is 0 Å². The summed E-state index contributed by atoms with van der Waals surface area (Å²) < 4.78 is 12.3. The lowest BCUT2D eigenvalue weighted by Crippen LogP contribution is -2.43. The molecule has 0 radical (unpaired) electrons. The maximum atomic E-state index is 12.4. The first-order chi connectivity index (χ1) is 11.7. The molecule has 1 aromatic carbocycles. The Bertz CT molecular complexity index is 753. The minimum absolute atomic E-state index is 0.0767. The number of nitrogens with zero attached hydrogens (tertiary/aromatic N) is 3. The highest BCUT2D eigenvalue weighted by Crippen LogP contribution is 2.44. The fourth-order valence-electron chi connectivity index (χ4n) is 4.00. The molecule has 2 aliphatic rings. The molecule has 0 N–H and O–H groups in total. The Morgan fingerprint density at radius 1 is 1.25 bits per heavy atom. The van der Waals surface area contributed by atoms with Crippen molar-refractivity contribution in [2.24, 2.45) is 0 Å². The lowest BCUT2D eigenvalue weighted by Gasteiger charge is -2.35. The average molecular weight is 327 g/mol. The van der Waals surface area contributed by atoms with Gasteiger partial charge in [0.15, 0.2) is 0 Å². The molecule has 1 amide bonds. The van der Waals surface area contributed by atoms with E-state index in [1.54, 1.807) is 14.2 Å². The summed E-state index contributed by atoms with van der Waals surface area (Å²) in [6.45, 7) is 0.148. The van der Waals surface area contributed by atoms with E-state index in [2.05, 4.69) is 5.10 Å². The van der Waals surface area contributed by atoms with Crippen molar-refractivity contribution in [3.63, 3.8) is 0 Å². The number of carbonyl (C=O) groups excluding carboxylic acids is 1. The first-order valence-corrected chi connectivity index (χ1v) is 8.24. The van der Waals surface area contributed by atoms with Crippen LogP contribution in [-0.4, -0.2) is 47.5 Å². The number of benzene rings is 1. The Hall–Kier alpha value is -2.34. The first-order valence-electron chi connectivity index (χ1n) is 8.24. The van der Waals surface area contributed by atoms with Crippen molar-refractivity contribution < 1.29 is 14.3 Å². The third kappa shape index (κ3) is 2.29. The third-order valence-electron chi connectivity index (χ3n) is 5.06. The Labute approximate surface area is 141 Å². The van der Waals surface area contributed by atoms with Crippen molar-refractivity contribution in [1.82, 2.24) is 14.7 Å². The van der Waals surface area contributed by atoms with Crippen LogP contribution in [0.4, 0.5) is 0 Å². The van der Waals surface area contributed by atoms with Crippen LogP contribution in [0.2, 0.25) is 0 Å². The van der Waals surface area contributed by atoms with Crippen LogP contribution in [0.1, 0.15) is 30.1 Å². The van der Waals surface area contributed by atoms with Gasteiger partial charge in [-0.05, 0) is 37.1 Å². The van der Waals surface area contributed by atoms with Gasteiger partial charge in [0.25, 0.3) is 0 Å². The average Bonchev–Trinajstić information content (AvgIpc) is 3.17. The van der Waals surface area contributed by atoms with Crippen LogP contribution in [-0.2, 0) is 16.0 Å². The SMILES string of the molecule is COCC(=O)N1C2CCC1c1cnn(-c3ccc(OC)cc3)c1C2. The Kier molecular flexibility index (Phi) is 3.76. The minimum Gasteiger partial charge on any atom is -0.497 e. The van der Waals surface area contributed by atoms with E-state index in [0.717, 1.165) is 30.7 Å². The molecule has 4 rings (SSSR count). The number of fused-ring (bicyclic) bond motifs is 4. The molecule has 0 spiro atoms. The molecule has 6 nitrogen and oxygen atoms in total. The highest BCUT2D eigenvalue weighted by atomic mass is 16.5. The van der Waals surface area contributed by atoms with Gasteiger partial charge in [0.2, 0.25) is 5.91 Å².